The highest BCUT2D eigenvalue weighted by Crippen LogP contribution is 2.44. The molecule has 0 fully saturated rings. The Morgan fingerprint density at radius 2 is 1.93 bits per heavy atom. The van der Waals surface area contributed by atoms with Crippen molar-refractivity contribution in [2.24, 2.45) is 21.5 Å². The number of carbonyl (C=O) groups is 1. The van der Waals surface area contributed by atoms with Gasteiger partial charge in [0.25, 0.3) is 5.91 Å². The van der Waals surface area contributed by atoms with Crippen molar-refractivity contribution < 1.29 is 14.6 Å². The first-order valence-electron chi connectivity index (χ1n) is 13.8. The highest BCUT2D eigenvalue weighted by molar-refractivity contribution is 7.97. The SMILES string of the molecule is COc1ccccc1C(=O)NCc1ccc(-c2nn(C3C=C(O)C(C(C)(C)C)C3)c3ncnc(N)c23)cc1.CS/N=C/N. The van der Waals surface area contributed by atoms with Gasteiger partial charge in [-0.3, -0.25) is 4.79 Å². The van der Waals surface area contributed by atoms with Crippen LogP contribution >= 0.6 is 11.9 Å². The number of ether oxygens (including phenoxy) is 1. The van der Waals surface area contributed by atoms with E-state index in [4.69, 9.17) is 21.3 Å². The number of aromatic nitrogens is 4. The van der Waals surface area contributed by atoms with Gasteiger partial charge in [-0.1, -0.05) is 57.2 Å². The van der Waals surface area contributed by atoms with Crippen molar-refractivity contribution in [3.05, 3.63) is 77.8 Å². The normalized spacial score (nSPS) is 16.5. The molecule has 0 aliphatic heterocycles. The predicted molar refractivity (Wildman–Crippen MR) is 173 cm³/mol. The van der Waals surface area contributed by atoms with Gasteiger partial charge >= 0.3 is 0 Å². The number of nitrogen functional groups attached to an aromatic ring is 1. The third-order valence-electron chi connectivity index (χ3n) is 7.27. The number of benzene rings is 2. The summed E-state index contributed by atoms with van der Waals surface area (Å²) in [7, 11) is 1.54. The molecule has 0 saturated heterocycles. The molecule has 226 valence electrons. The number of rotatable bonds is 7. The van der Waals surface area contributed by atoms with Gasteiger partial charge in [-0.05, 0) is 47.6 Å². The molecule has 0 bridgehead atoms. The van der Waals surface area contributed by atoms with E-state index in [-0.39, 0.29) is 23.3 Å². The summed E-state index contributed by atoms with van der Waals surface area (Å²) in [4.78, 5) is 21.4. The lowest BCUT2D eigenvalue weighted by Crippen LogP contribution is -2.23. The molecule has 0 radical (unpaired) electrons. The third kappa shape index (κ3) is 7.08. The number of amides is 1. The molecule has 2 aromatic heterocycles. The van der Waals surface area contributed by atoms with Gasteiger partial charge in [-0.25, -0.2) is 19.0 Å². The summed E-state index contributed by atoms with van der Waals surface area (Å²) in [5, 5.41) is 19.2. The first-order chi connectivity index (χ1) is 20.6. The maximum Gasteiger partial charge on any atom is 0.255 e. The largest absolute Gasteiger partial charge is 0.512 e. The van der Waals surface area contributed by atoms with Crippen LogP contribution in [0.1, 0.15) is 49.2 Å². The predicted octanol–water partition coefficient (Wildman–Crippen LogP) is 5.31. The summed E-state index contributed by atoms with van der Waals surface area (Å²) in [6, 6.07) is 14.8. The minimum atomic E-state index is -0.206. The van der Waals surface area contributed by atoms with Crippen LogP contribution in [-0.4, -0.2) is 50.5 Å². The van der Waals surface area contributed by atoms with Crippen LogP contribution < -0.4 is 21.5 Å². The Kier molecular flexibility index (Phi) is 9.92. The lowest BCUT2D eigenvalue weighted by molar-refractivity contribution is 0.0948. The molecule has 1 aliphatic carbocycles. The van der Waals surface area contributed by atoms with Crippen molar-refractivity contribution in [3.63, 3.8) is 0 Å². The third-order valence-corrected chi connectivity index (χ3v) is 7.61. The van der Waals surface area contributed by atoms with Crippen LogP contribution in [0.25, 0.3) is 22.3 Å². The van der Waals surface area contributed by atoms with Crippen molar-refractivity contribution in [3.8, 4) is 17.0 Å². The highest BCUT2D eigenvalue weighted by atomic mass is 32.2. The molecule has 4 aromatic rings. The van der Waals surface area contributed by atoms with E-state index in [2.05, 4.69) is 40.5 Å². The molecule has 1 aliphatic rings. The average molecular weight is 603 g/mol. The van der Waals surface area contributed by atoms with E-state index < -0.39 is 0 Å². The molecule has 1 amide bonds. The quantitative estimate of drug-likeness (QED) is 0.124. The topological polar surface area (TPSA) is 167 Å². The van der Waals surface area contributed by atoms with Gasteiger partial charge < -0.3 is 26.6 Å². The fourth-order valence-corrected chi connectivity index (χ4v) is 5.21. The van der Waals surface area contributed by atoms with Crippen LogP contribution in [0.2, 0.25) is 0 Å². The van der Waals surface area contributed by atoms with E-state index in [0.29, 0.717) is 46.2 Å². The van der Waals surface area contributed by atoms with Crippen LogP contribution in [-0.2, 0) is 6.54 Å². The molecule has 0 saturated carbocycles. The number of nitrogens with one attached hydrogen (secondary N) is 1. The summed E-state index contributed by atoms with van der Waals surface area (Å²) >= 11 is 1.35. The van der Waals surface area contributed by atoms with Crippen molar-refractivity contribution in [2.75, 3.05) is 19.1 Å². The minimum absolute atomic E-state index is 0.0275. The summed E-state index contributed by atoms with van der Waals surface area (Å²) in [5.41, 5.74) is 14.6. The molecule has 5 rings (SSSR count). The molecule has 2 unspecified atom stereocenters. The van der Waals surface area contributed by atoms with Crippen molar-refractivity contribution in [2.45, 2.75) is 39.8 Å². The number of aliphatic hydroxyl groups is 1. The zero-order chi connectivity index (χ0) is 31.1. The van der Waals surface area contributed by atoms with Gasteiger partial charge in [0.15, 0.2) is 5.65 Å². The Labute approximate surface area is 255 Å². The Morgan fingerprint density at radius 3 is 2.53 bits per heavy atom. The number of nitrogens with two attached hydrogens (primary N) is 2. The summed E-state index contributed by atoms with van der Waals surface area (Å²) in [6.45, 7) is 6.73. The number of allylic oxidation sites excluding steroid dienone is 2. The van der Waals surface area contributed by atoms with Gasteiger partial charge in [0.2, 0.25) is 0 Å². The lowest BCUT2D eigenvalue weighted by Gasteiger charge is -2.27. The Morgan fingerprint density at radius 1 is 1.21 bits per heavy atom. The second-order valence-corrected chi connectivity index (χ2v) is 11.7. The highest BCUT2D eigenvalue weighted by Gasteiger charge is 2.37. The van der Waals surface area contributed by atoms with E-state index in [0.717, 1.165) is 17.5 Å². The van der Waals surface area contributed by atoms with Crippen LogP contribution in [0.3, 0.4) is 0 Å². The maximum atomic E-state index is 12.7. The van der Waals surface area contributed by atoms with Gasteiger partial charge in [0, 0.05) is 24.3 Å². The van der Waals surface area contributed by atoms with Gasteiger partial charge in [0.05, 0.1) is 36.2 Å². The molecule has 6 N–H and O–H groups in total. The standard InChI is InChI=1S/C29H32N6O3.C2H6N2S/c1-29(2,3)21-13-19(14-22(21)36)35-27-24(26(30)32-16-33-27)25(34-35)18-11-9-17(10-12-18)15-31-28(37)20-7-5-6-8-23(20)38-4;1-5-4-2-3/h5-12,14,16,19,21,36H,13,15H2,1-4H3,(H,31,37)(H2,30,32,33);2H,1H3,(H2,3,4). The Bertz CT molecular complexity index is 1630. The molecule has 2 aromatic carbocycles. The van der Waals surface area contributed by atoms with Crippen LogP contribution in [0.4, 0.5) is 5.82 Å². The number of carbonyl (C=O) groups excluding carboxylic acids is 1. The molecular weight excluding hydrogens is 564 g/mol. The van der Waals surface area contributed by atoms with E-state index in [1.165, 1.54) is 24.6 Å². The van der Waals surface area contributed by atoms with Crippen LogP contribution in [0, 0.1) is 11.3 Å². The fourth-order valence-electron chi connectivity index (χ4n) is 5.09. The first-order valence-corrected chi connectivity index (χ1v) is 14.9. The maximum absolute atomic E-state index is 12.7. The number of methoxy groups -OCH3 is 1. The summed E-state index contributed by atoms with van der Waals surface area (Å²) < 4.78 is 10.7. The zero-order valence-electron chi connectivity index (χ0n) is 25.0. The monoisotopic (exact) mass is 602 g/mol. The molecular formula is C31H38N8O3S. The summed E-state index contributed by atoms with van der Waals surface area (Å²) in [6.07, 6.45) is 7.14. The van der Waals surface area contributed by atoms with Gasteiger partial charge in [-0.2, -0.15) is 5.10 Å². The minimum Gasteiger partial charge on any atom is -0.512 e. The zero-order valence-corrected chi connectivity index (χ0v) is 25.8. The van der Waals surface area contributed by atoms with Crippen LogP contribution in [0.5, 0.6) is 5.75 Å². The van der Waals surface area contributed by atoms with Crippen molar-refractivity contribution in [1.29, 1.82) is 0 Å². The Hall–Kier alpha value is -4.58. The number of nitrogens with zero attached hydrogens (tertiary/aromatic N) is 5. The molecule has 11 nitrogen and oxygen atoms in total. The molecule has 12 heteroatoms. The Balaban J connectivity index is 0.000000782. The van der Waals surface area contributed by atoms with E-state index in [1.54, 1.807) is 25.3 Å². The molecule has 2 atom stereocenters. The number of hydrogen-bond donors (Lipinski definition) is 4. The molecule has 2 heterocycles. The number of para-hydroxylation sites is 1. The molecule has 0 spiro atoms. The van der Waals surface area contributed by atoms with Crippen LogP contribution in [0.15, 0.2) is 71.1 Å². The number of anilines is 1. The molecule has 43 heavy (non-hydrogen) atoms. The van der Waals surface area contributed by atoms with E-state index >= 15 is 0 Å². The van der Waals surface area contributed by atoms with Gasteiger partial charge in [-0.15, -0.1) is 0 Å². The smallest absolute Gasteiger partial charge is 0.255 e. The second-order valence-electron chi connectivity index (χ2n) is 11.1. The van der Waals surface area contributed by atoms with Crippen molar-refractivity contribution in [1.82, 2.24) is 25.1 Å². The fraction of sp³-hybridized carbons (Fsp3) is 0.323. The first kappa shape index (κ1) is 31.4. The number of hydrogen-bond acceptors (Lipinski definition) is 9. The summed E-state index contributed by atoms with van der Waals surface area (Å²) in [5.74, 6) is 1.08. The van der Waals surface area contributed by atoms with Gasteiger partial charge in [0.1, 0.15) is 23.6 Å². The number of fused-ring (bicyclic) bond motifs is 1. The number of aliphatic hydroxyl groups excluding tert-OH is 1. The van der Waals surface area contributed by atoms with E-state index in [9.17, 15) is 9.90 Å². The average Bonchev–Trinajstić information content (AvgIpc) is 3.58. The second kappa shape index (κ2) is 13.6. The lowest BCUT2D eigenvalue weighted by atomic mass is 9.79. The van der Waals surface area contributed by atoms with E-state index in [1.807, 2.05) is 47.3 Å². The van der Waals surface area contributed by atoms with Crippen molar-refractivity contribution >= 4 is 41.0 Å².